The molecule has 0 heterocycles. The van der Waals surface area contributed by atoms with Gasteiger partial charge in [-0.2, -0.15) is 9.41 Å². The number of ether oxygens (including phenoxy) is 1. The molecule has 0 bridgehead atoms. The van der Waals surface area contributed by atoms with Crippen molar-refractivity contribution in [3.05, 3.63) is 93.7 Å². The summed E-state index contributed by atoms with van der Waals surface area (Å²) in [4.78, 5) is 12.7. The predicted molar refractivity (Wildman–Crippen MR) is 132 cm³/mol. The molecule has 0 fully saturated rings. The fourth-order valence-corrected chi connectivity index (χ4v) is 4.82. The molecule has 3 rings (SSSR count). The molecule has 34 heavy (non-hydrogen) atoms. The van der Waals surface area contributed by atoms with Gasteiger partial charge in [0.1, 0.15) is 11.6 Å². The van der Waals surface area contributed by atoms with E-state index >= 15 is 0 Å². The molecule has 7 nitrogen and oxygen atoms in total. The van der Waals surface area contributed by atoms with E-state index in [0.29, 0.717) is 16.9 Å². The van der Waals surface area contributed by atoms with Gasteiger partial charge >= 0.3 is 0 Å². The van der Waals surface area contributed by atoms with E-state index in [2.05, 4.69) is 26.5 Å². The molecule has 0 unspecified atom stereocenters. The Kier molecular flexibility index (Phi) is 8.54. The number of hydrogen-bond acceptors (Lipinski definition) is 5. The minimum Gasteiger partial charge on any atom is -0.496 e. The highest BCUT2D eigenvalue weighted by Gasteiger charge is 2.27. The number of nitrogens with one attached hydrogen (secondary N) is 1. The first-order valence-corrected chi connectivity index (χ1v) is 12.4. The summed E-state index contributed by atoms with van der Waals surface area (Å²) >= 11 is 3.36. The standard InChI is InChI=1S/C24H23BrFN3O4S/c1-17-3-10-22(11-4-17)34(31,32)29(15-18-5-8-21(26)9-6-18)16-24(30)28-27-14-19-13-20(25)7-12-23(19)33-2/h3-14H,15-16H2,1-2H3,(H,28,30)/b27-14-. The number of hydrogen-bond donors (Lipinski definition) is 1. The number of nitrogens with zero attached hydrogens (tertiary/aromatic N) is 2. The highest BCUT2D eigenvalue weighted by molar-refractivity contribution is 9.10. The molecule has 1 N–H and O–H groups in total. The molecule has 0 aliphatic heterocycles. The first-order chi connectivity index (χ1) is 16.2. The second-order valence-electron chi connectivity index (χ2n) is 7.39. The zero-order valence-corrected chi connectivity index (χ0v) is 20.9. The van der Waals surface area contributed by atoms with Crippen molar-refractivity contribution in [3.8, 4) is 5.75 Å². The lowest BCUT2D eigenvalue weighted by molar-refractivity contribution is -0.121. The average molecular weight is 548 g/mol. The third-order valence-corrected chi connectivity index (χ3v) is 7.13. The van der Waals surface area contributed by atoms with Crippen molar-refractivity contribution in [2.45, 2.75) is 18.4 Å². The Morgan fingerprint density at radius 1 is 1.12 bits per heavy atom. The van der Waals surface area contributed by atoms with Gasteiger partial charge in [0, 0.05) is 16.6 Å². The molecular formula is C24H23BrFN3O4S. The fraction of sp³-hybridized carbons (Fsp3) is 0.167. The number of carbonyl (C=O) groups excluding carboxylic acids is 1. The number of amides is 1. The SMILES string of the molecule is COc1ccc(Br)cc1/C=N\NC(=O)CN(Cc1ccc(F)cc1)S(=O)(=O)c1ccc(C)cc1. The number of hydrazone groups is 1. The Morgan fingerprint density at radius 2 is 1.79 bits per heavy atom. The van der Waals surface area contributed by atoms with E-state index in [9.17, 15) is 17.6 Å². The normalized spacial score (nSPS) is 11.7. The monoisotopic (exact) mass is 547 g/mol. The number of sulfonamides is 1. The Morgan fingerprint density at radius 3 is 2.44 bits per heavy atom. The molecule has 0 atom stereocenters. The first kappa shape index (κ1) is 25.5. The number of benzene rings is 3. The minimum atomic E-state index is -4.01. The molecule has 0 aromatic heterocycles. The van der Waals surface area contributed by atoms with Gasteiger partial charge in [0.15, 0.2) is 0 Å². The molecule has 0 saturated heterocycles. The van der Waals surface area contributed by atoms with Crippen LogP contribution in [0.4, 0.5) is 4.39 Å². The van der Waals surface area contributed by atoms with E-state index in [-0.39, 0.29) is 11.4 Å². The van der Waals surface area contributed by atoms with E-state index in [1.165, 1.54) is 49.7 Å². The van der Waals surface area contributed by atoms with E-state index in [1.54, 1.807) is 30.3 Å². The fourth-order valence-electron chi connectivity index (χ4n) is 3.05. The van der Waals surface area contributed by atoms with Crippen molar-refractivity contribution in [2.24, 2.45) is 5.10 Å². The summed E-state index contributed by atoms with van der Waals surface area (Å²) in [6.45, 7) is 1.24. The van der Waals surface area contributed by atoms with E-state index in [4.69, 9.17) is 4.74 Å². The lowest BCUT2D eigenvalue weighted by Crippen LogP contribution is -2.39. The summed E-state index contributed by atoms with van der Waals surface area (Å²) < 4.78 is 46.9. The van der Waals surface area contributed by atoms with Crippen LogP contribution < -0.4 is 10.2 Å². The van der Waals surface area contributed by atoms with Crippen molar-refractivity contribution >= 4 is 38.1 Å². The quantitative estimate of drug-likeness (QED) is 0.320. The van der Waals surface area contributed by atoms with Gasteiger partial charge in [-0.3, -0.25) is 4.79 Å². The van der Waals surface area contributed by atoms with E-state index in [0.717, 1.165) is 14.3 Å². The molecule has 0 aliphatic rings. The van der Waals surface area contributed by atoms with Crippen LogP contribution in [0.2, 0.25) is 0 Å². The Bertz CT molecular complexity index is 1280. The third kappa shape index (κ3) is 6.72. The largest absolute Gasteiger partial charge is 0.496 e. The van der Waals surface area contributed by atoms with Crippen molar-refractivity contribution in [1.82, 2.24) is 9.73 Å². The van der Waals surface area contributed by atoms with Crippen LogP contribution in [-0.4, -0.2) is 38.5 Å². The van der Waals surface area contributed by atoms with Crippen molar-refractivity contribution in [3.63, 3.8) is 0 Å². The molecule has 10 heteroatoms. The number of rotatable bonds is 9. The van der Waals surface area contributed by atoms with Crippen LogP contribution in [-0.2, 0) is 21.4 Å². The molecular weight excluding hydrogens is 525 g/mol. The highest BCUT2D eigenvalue weighted by atomic mass is 79.9. The molecule has 0 aliphatic carbocycles. The van der Waals surface area contributed by atoms with Crippen molar-refractivity contribution < 1.29 is 22.3 Å². The van der Waals surface area contributed by atoms with Crippen LogP contribution in [0.5, 0.6) is 5.75 Å². The van der Waals surface area contributed by atoms with Gasteiger partial charge in [-0.05, 0) is 55.0 Å². The molecule has 3 aromatic carbocycles. The van der Waals surface area contributed by atoms with Crippen LogP contribution >= 0.6 is 15.9 Å². The molecule has 0 saturated carbocycles. The third-order valence-electron chi connectivity index (χ3n) is 4.84. The second-order valence-corrected chi connectivity index (χ2v) is 10.2. The van der Waals surface area contributed by atoms with Gasteiger partial charge in [0.05, 0.1) is 24.8 Å². The molecule has 1 amide bonds. The van der Waals surface area contributed by atoms with Gasteiger partial charge in [0.2, 0.25) is 10.0 Å². The predicted octanol–water partition coefficient (Wildman–Crippen LogP) is 4.25. The lowest BCUT2D eigenvalue weighted by Gasteiger charge is -2.21. The van der Waals surface area contributed by atoms with Crippen molar-refractivity contribution in [1.29, 1.82) is 0 Å². The van der Waals surface area contributed by atoms with Gasteiger partial charge in [-0.15, -0.1) is 0 Å². The highest BCUT2D eigenvalue weighted by Crippen LogP contribution is 2.21. The maximum absolute atomic E-state index is 13.3. The summed E-state index contributed by atoms with van der Waals surface area (Å²) in [5.41, 5.74) is 4.41. The molecule has 0 radical (unpaired) electrons. The summed E-state index contributed by atoms with van der Waals surface area (Å²) in [5.74, 6) is -0.518. The van der Waals surface area contributed by atoms with Crippen LogP contribution in [0, 0.1) is 12.7 Å². The van der Waals surface area contributed by atoms with Gasteiger partial charge in [-0.1, -0.05) is 45.8 Å². The lowest BCUT2D eigenvalue weighted by atomic mass is 10.2. The zero-order valence-electron chi connectivity index (χ0n) is 18.5. The first-order valence-electron chi connectivity index (χ1n) is 10.2. The maximum atomic E-state index is 13.3. The number of aryl methyl sites for hydroxylation is 1. The topological polar surface area (TPSA) is 88.1 Å². The van der Waals surface area contributed by atoms with E-state index in [1.807, 2.05) is 6.92 Å². The molecule has 0 spiro atoms. The van der Waals surface area contributed by atoms with Crippen LogP contribution in [0.1, 0.15) is 16.7 Å². The summed E-state index contributed by atoms with van der Waals surface area (Å²) in [6, 6.07) is 17.1. The number of halogens is 2. The van der Waals surface area contributed by atoms with E-state index < -0.39 is 28.3 Å². The van der Waals surface area contributed by atoms with Gasteiger partial charge in [-0.25, -0.2) is 18.2 Å². The van der Waals surface area contributed by atoms with Crippen LogP contribution in [0.3, 0.4) is 0 Å². The Balaban J connectivity index is 1.80. The number of methoxy groups -OCH3 is 1. The second kappa shape index (κ2) is 11.4. The minimum absolute atomic E-state index is 0.0513. The zero-order chi connectivity index (χ0) is 24.7. The Hall–Kier alpha value is -3.08. The van der Waals surface area contributed by atoms with Gasteiger partial charge in [0.25, 0.3) is 5.91 Å². The van der Waals surface area contributed by atoms with Crippen LogP contribution in [0.15, 0.2) is 81.2 Å². The van der Waals surface area contributed by atoms with Crippen molar-refractivity contribution in [2.75, 3.05) is 13.7 Å². The summed E-state index contributed by atoms with van der Waals surface area (Å²) in [6.07, 6.45) is 1.40. The number of carbonyl (C=O) groups is 1. The maximum Gasteiger partial charge on any atom is 0.255 e. The molecule has 3 aromatic rings. The van der Waals surface area contributed by atoms with Crippen LogP contribution in [0.25, 0.3) is 0 Å². The average Bonchev–Trinajstić information content (AvgIpc) is 2.80. The molecule has 178 valence electrons. The Labute approximate surface area is 206 Å². The summed E-state index contributed by atoms with van der Waals surface area (Å²) in [5, 5.41) is 3.93. The summed E-state index contributed by atoms with van der Waals surface area (Å²) in [7, 11) is -2.50. The smallest absolute Gasteiger partial charge is 0.255 e. The van der Waals surface area contributed by atoms with Gasteiger partial charge < -0.3 is 4.74 Å².